The molecule has 0 spiro atoms. The molecule has 162 valence electrons. The van der Waals surface area contributed by atoms with Crippen molar-refractivity contribution in [2.75, 3.05) is 0 Å². The van der Waals surface area contributed by atoms with Gasteiger partial charge in [-0.1, -0.05) is 62.3 Å². The minimum atomic E-state index is -0.436. The molecule has 0 N–H and O–H groups in total. The van der Waals surface area contributed by atoms with Crippen LogP contribution in [-0.4, -0.2) is 23.4 Å². The molecule has 0 aromatic heterocycles. The Morgan fingerprint density at radius 3 is 1.48 bits per heavy atom. The smallest absolute Gasteiger partial charge is 0.318 e. The van der Waals surface area contributed by atoms with Crippen molar-refractivity contribution in [1.29, 1.82) is 0 Å². The van der Waals surface area contributed by atoms with Crippen LogP contribution in [0, 0.1) is 0 Å². The van der Waals surface area contributed by atoms with Crippen molar-refractivity contribution in [3.63, 3.8) is 0 Å². The molecule has 2 aromatic carbocycles. The van der Waals surface area contributed by atoms with Gasteiger partial charge in [-0.3, -0.25) is 0 Å². The molecule has 0 heterocycles. The largest absolute Gasteiger partial charge is 0.331 e. The molecule has 1 aliphatic rings. The minimum Gasteiger partial charge on any atom is -0.318 e. The number of carbonyl (C=O) groups is 2. The molecule has 0 amide bonds. The fraction of sp³-hybridized carbons (Fsp3) is 0.360. The molecule has 0 aliphatic heterocycles. The number of hydrogen-bond acceptors (Lipinski definition) is 6. The summed E-state index contributed by atoms with van der Waals surface area (Å²) >= 11 is 0. The highest BCUT2D eigenvalue weighted by molar-refractivity contribution is 6.03. The van der Waals surface area contributed by atoms with E-state index in [0.717, 1.165) is 22.6 Å². The van der Waals surface area contributed by atoms with Crippen LogP contribution < -0.4 is 0 Å². The molecule has 3 rings (SSSR count). The zero-order chi connectivity index (χ0) is 22.8. The lowest BCUT2D eigenvalue weighted by molar-refractivity contribution is -0.141. The van der Waals surface area contributed by atoms with Crippen molar-refractivity contribution in [1.82, 2.24) is 0 Å². The van der Waals surface area contributed by atoms with Gasteiger partial charge in [0, 0.05) is 19.3 Å². The van der Waals surface area contributed by atoms with E-state index >= 15 is 0 Å². The molecule has 2 aromatic rings. The summed E-state index contributed by atoms with van der Waals surface area (Å²) in [5.41, 5.74) is 7.83. The molecule has 0 atom stereocenters. The van der Waals surface area contributed by atoms with Gasteiger partial charge < -0.3 is 9.68 Å². The maximum atomic E-state index is 11.2. The van der Waals surface area contributed by atoms with Gasteiger partial charge in [0.1, 0.15) is 0 Å². The fourth-order valence-electron chi connectivity index (χ4n) is 3.98. The third kappa shape index (κ3) is 4.43. The Balaban J connectivity index is 2.05. The quantitative estimate of drug-likeness (QED) is 0.359. The second-order valence-corrected chi connectivity index (χ2v) is 8.09. The Morgan fingerprint density at radius 2 is 1.16 bits per heavy atom. The Labute approximate surface area is 182 Å². The maximum absolute atomic E-state index is 11.2. The van der Waals surface area contributed by atoms with Crippen molar-refractivity contribution in [2.45, 2.75) is 59.8 Å². The number of fused-ring (bicyclic) bond motifs is 3. The Kier molecular flexibility index (Phi) is 6.39. The van der Waals surface area contributed by atoms with Gasteiger partial charge in [-0.2, -0.15) is 0 Å². The van der Waals surface area contributed by atoms with Gasteiger partial charge in [-0.15, -0.1) is 0 Å². The first-order chi connectivity index (χ1) is 14.7. The van der Waals surface area contributed by atoms with Crippen LogP contribution in [0.15, 0.2) is 46.7 Å². The number of carbonyl (C=O) groups excluding carboxylic acids is 2. The molecule has 1 aliphatic carbocycles. The average molecular weight is 421 g/mol. The van der Waals surface area contributed by atoms with Crippen molar-refractivity contribution in [3.8, 4) is 11.1 Å². The topological polar surface area (TPSA) is 77.3 Å². The molecule has 0 unspecified atom stereocenters. The van der Waals surface area contributed by atoms with E-state index < -0.39 is 11.9 Å². The second kappa shape index (κ2) is 8.84. The Hall–Kier alpha value is -3.28. The monoisotopic (exact) mass is 420 g/mol. The SMILES string of the molecule is CC/C(=N\OC(C)=O)c1ccc2c(c1)C(C)(C)c1cc(/C(CC)=N/OC(C)=O)ccc1-2. The number of oxime groups is 2. The lowest BCUT2D eigenvalue weighted by atomic mass is 9.81. The van der Waals surface area contributed by atoms with Gasteiger partial charge in [0.25, 0.3) is 0 Å². The molecule has 0 bridgehead atoms. The van der Waals surface area contributed by atoms with Crippen molar-refractivity contribution >= 4 is 23.4 Å². The summed E-state index contributed by atoms with van der Waals surface area (Å²) in [7, 11) is 0. The minimum absolute atomic E-state index is 0.239. The lowest BCUT2D eigenvalue weighted by Gasteiger charge is -2.22. The summed E-state index contributed by atoms with van der Waals surface area (Å²) in [6.07, 6.45) is 1.30. The van der Waals surface area contributed by atoms with E-state index in [2.05, 4.69) is 48.4 Å². The molecule has 0 saturated heterocycles. The third-order valence-corrected chi connectivity index (χ3v) is 5.58. The van der Waals surface area contributed by atoms with Crippen LogP contribution in [0.2, 0.25) is 0 Å². The molecule has 6 heteroatoms. The van der Waals surface area contributed by atoms with Crippen LogP contribution in [0.5, 0.6) is 0 Å². The van der Waals surface area contributed by atoms with Gasteiger partial charge in [0.2, 0.25) is 0 Å². The van der Waals surface area contributed by atoms with Crippen LogP contribution in [-0.2, 0) is 24.7 Å². The van der Waals surface area contributed by atoms with E-state index in [1.54, 1.807) is 0 Å². The predicted octanol–water partition coefficient (Wildman–Crippen LogP) is 5.35. The standard InChI is InChI=1S/C25H28N2O4/c1-7-23(26-30-15(3)28)17-9-11-19-20-12-10-18(24(8-2)27-31-16(4)29)14-22(20)25(5,6)21(19)13-17/h9-14H,7-8H2,1-6H3/b26-23+,27-24+. The van der Waals surface area contributed by atoms with Gasteiger partial charge in [-0.05, 0) is 58.4 Å². The number of hydrogen-bond donors (Lipinski definition) is 0. The normalized spacial score (nSPS) is 14.6. The van der Waals surface area contributed by atoms with Crippen molar-refractivity contribution in [2.24, 2.45) is 10.3 Å². The summed E-state index contributed by atoms with van der Waals surface area (Å²) in [6, 6.07) is 12.5. The summed E-state index contributed by atoms with van der Waals surface area (Å²) in [5.74, 6) is -0.871. The summed E-state index contributed by atoms with van der Waals surface area (Å²) in [5, 5.41) is 8.05. The van der Waals surface area contributed by atoms with Crippen molar-refractivity contribution < 1.29 is 19.3 Å². The summed E-state index contributed by atoms with van der Waals surface area (Å²) in [4.78, 5) is 32.1. The first kappa shape index (κ1) is 22.4. The first-order valence-electron chi connectivity index (χ1n) is 10.5. The molecule has 31 heavy (non-hydrogen) atoms. The third-order valence-electron chi connectivity index (χ3n) is 5.58. The highest BCUT2D eigenvalue weighted by Crippen LogP contribution is 2.49. The van der Waals surface area contributed by atoms with Gasteiger partial charge in [-0.25, -0.2) is 9.59 Å². The van der Waals surface area contributed by atoms with Crippen LogP contribution in [0.4, 0.5) is 0 Å². The van der Waals surface area contributed by atoms with Crippen LogP contribution in [0.1, 0.15) is 76.6 Å². The zero-order valence-corrected chi connectivity index (χ0v) is 18.9. The van der Waals surface area contributed by atoms with E-state index in [-0.39, 0.29) is 5.41 Å². The van der Waals surface area contributed by atoms with E-state index in [1.807, 2.05) is 26.0 Å². The van der Waals surface area contributed by atoms with Gasteiger partial charge in [0.15, 0.2) is 0 Å². The Bertz CT molecular complexity index is 1010. The van der Waals surface area contributed by atoms with E-state index in [9.17, 15) is 9.59 Å². The molecular weight excluding hydrogens is 392 g/mol. The zero-order valence-electron chi connectivity index (χ0n) is 18.9. The Morgan fingerprint density at radius 1 is 0.774 bits per heavy atom. The number of nitrogens with zero attached hydrogens (tertiary/aromatic N) is 2. The van der Waals surface area contributed by atoms with E-state index in [0.29, 0.717) is 12.8 Å². The van der Waals surface area contributed by atoms with E-state index in [4.69, 9.17) is 9.68 Å². The van der Waals surface area contributed by atoms with Crippen molar-refractivity contribution in [3.05, 3.63) is 58.7 Å². The summed E-state index contributed by atoms with van der Waals surface area (Å²) < 4.78 is 0. The second-order valence-electron chi connectivity index (χ2n) is 8.09. The molecule has 6 nitrogen and oxygen atoms in total. The average Bonchev–Trinajstić information content (AvgIpc) is 2.95. The maximum Gasteiger partial charge on any atom is 0.331 e. The number of rotatable bonds is 6. The van der Waals surface area contributed by atoms with Crippen LogP contribution in [0.25, 0.3) is 11.1 Å². The van der Waals surface area contributed by atoms with E-state index in [1.165, 1.54) is 36.1 Å². The molecule has 0 fully saturated rings. The molecule has 0 radical (unpaired) electrons. The summed E-state index contributed by atoms with van der Waals surface area (Å²) in [6.45, 7) is 11.0. The fourth-order valence-corrected chi connectivity index (χ4v) is 3.98. The number of benzene rings is 2. The molecule has 0 saturated carbocycles. The highest BCUT2D eigenvalue weighted by atomic mass is 16.7. The highest BCUT2D eigenvalue weighted by Gasteiger charge is 2.36. The van der Waals surface area contributed by atoms with Gasteiger partial charge >= 0.3 is 11.9 Å². The lowest BCUT2D eigenvalue weighted by Crippen LogP contribution is -2.16. The van der Waals surface area contributed by atoms with Gasteiger partial charge in [0.05, 0.1) is 11.4 Å². The molecular formula is C25H28N2O4. The first-order valence-corrected chi connectivity index (χ1v) is 10.5. The predicted molar refractivity (Wildman–Crippen MR) is 121 cm³/mol. The van der Waals surface area contributed by atoms with Crippen LogP contribution in [0.3, 0.4) is 0 Å². The van der Waals surface area contributed by atoms with Crippen LogP contribution >= 0.6 is 0 Å².